The third kappa shape index (κ3) is 6.03. The highest BCUT2D eigenvalue weighted by molar-refractivity contribution is 5.85. The first-order chi connectivity index (χ1) is 9.67. The van der Waals surface area contributed by atoms with Crippen LogP contribution < -0.4 is 11.1 Å². The maximum absolute atomic E-state index is 12.1. The van der Waals surface area contributed by atoms with E-state index in [9.17, 15) is 4.79 Å². The molecular weight excluding hydrogens is 302 g/mol. The predicted molar refractivity (Wildman–Crippen MR) is 93.3 cm³/mol. The standard InChI is InChI=1S/C16H33N3O2.ClH/c1-7-11(2)14(17)15(20)18-10-16(5,6)19-8-12(3)21-13(4)9-19;/h11-14H,7-10,17H2,1-6H3,(H,18,20);1H. The quantitative estimate of drug-likeness (QED) is 0.776. The average Bonchev–Trinajstić information content (AvgIpc) is 2.42. The van der Waals surface area contributed by atoms with Crippen LogP contribution in [0.2, 0.25) is 0 Å². The van der Waals surface area contributed by atoms with Crippen molar-refractivity contribution < 1.29 is 9.53 Å². The van der Waals surface area contributed by atoms with Crippen molar-refractivity contribution in [2.75, 3.05) is 19.6 Å². The molecule has 0 radical (unpaired) electrons. The zero-order valence-corrected chi connectivity index (χ0v) is 15.7. The van der Waals surface area contributed by atoms with Crippen LogP contribution in [-0.2, 0) is 9.53 Å². The fourth-order valence-electron chi connectivity index (χ4n) is 2.72. The van der Waals surface area contributed by atoms with Gasteiger partial charge in [0.15, 0.2) is 0 Å². The first-order valence-electron chi connectivity index (χ1n) is 8.11. The molecule has 132 valence electrons. The van der Waals surface area contributed by atoms with Crippen molar-refractivity contribution in [3.05, 3.63) is 0 Å². The van der Waals surface area contributed by atoms with E-state index < -0.39 is 6.04 Å². The molecule has 4 atom stereocenters. The largest absolute Gasteiger partial charge is 0.373 e. The van der Waals surface area contributed by atoms with Crippen LogP contribution in [0.4, 0.5) is 0 Å². The van der Waals surface area contributed by atoms with Crippen molar-refractivity contribution in [2.24, 2.45) is 11.7 Å². The number of nitrogens with two attached hydrogens (primary N) is 1. The summed E-state index contributed by atoms with van der Waals surface area (Å²) in [6.45, 7) is 15.0. The number of morpholine rings is 1. The first kappa shape index (κ1) is 21.6. The van der Waals surface area contributed by atoms with Gasteiger partial charge in [-0.05, 0) is 33.6 Å². The van der Waals surface area contributed by atoms with Crippen LogP contribution in [0.3, 0.4) is 0 Å². The molecule has 0 spiro atoms. The molecular formula is C16H34ClN3O2. The highest BCUT2D eigenvalue weighted by atomic mass is 35.5. The normalized spacial score (nSPS) is 26.0. The van der Waals surface area contributed by atoms with E-state index in [0.29, 0.717) is 6.54 Å². The number of halogens is 1. The molecule has 1 heterocycles. The maximum atomic E-state index is 12.1. The molecule has 1 saturated heterocycles. The Morgan fingerprint density at radius 3 is 2.32 bits per heavy atom. The Morgan fingerprint density at radius 1 is 1.36 bits per heavy atom. The fraction of sp³-hybridized carbons (Fsp3) is 0.938. The Balaban J connectivity index is 0.00000441. The Hall–Kier alpha value is -0.360. The number of hydrogen-bond acceptors (Lipinski definition) is 4. The van der Waals surface area contributed by atoms with Gasteiger partial charge in [0.25, 0.3) is 0 Å². The number of carbonyl (C=O) groups is 1. The summed E-state index contributed by atoms with van der Waals surface area (Å²) in [6, 6.07) is -0.423. The zero-order valence-electron chi connectivity index (χ0n) is 14.9. The Labute approximate surface area is 141 Å². The van der Waals surface area contributed by atoms with Gasteiger partial charge in [-0.3, -0.25) is 9.69 Å². The molecule has 1 rings (SSSR count). The van der Waals surface area contributed by atoms with Crippen LogP contribution in [0.25, 0.3) is 0 Å². The summed E-state index contributed by atoms with van der Waals surface area (Å²) in [5.74, 6) is 0.156. The molecule has 0 aromatic heterocycles. The van der Waals surface area contributed by atoms with Crippen molar-refractivity contribution in [3.63, 3.8) is 0 Å². The highest BCUT2D eigenvalue weighted by Crippen LogP contribution is 2.20. The van der Waals surface area contributed by atoms with Crippen LogP contribution in [-0.4, -0.2) is 54.2 Å². The van der Waals surface area contributed by atoms with Crippen molar-refractivity contribution in [1.29, 1.82) is 0 Å². The second-order valence-corrected chi connectivity index (χ2v) is 7.10. The van der Waals surface area contributed by atoms with Crippen molar-refractivity contribution in [3.8, 4) is 0 Å². The lowest BCUT2D eigenvalue weighted by atomic mass is 9.97. The fourth-order valence-corrected chi connectivity index (χ4v) is 2.72. The van der Waals surface area contributed by atoms with E-state index in [1.165, 1.54) is 0 Å². The van der Waals surface area contributed by atoms with Gasteiger partial charge in [-0.15, -0.1) is 12.4 Å². The molecule has 0 bridgehead atoms. The van der Waals surface area contributed by atoms with Gasteiger partial charge in [0.1, 0.15) is 0 Å². The van der Waals surface area contributed by atoms with Crippen LogP contribution in [0.5, 0.6) is 0 Å². The molecule has 1 amide bonds. The van der Waals surface area contributed by atoms with Crippen LogP contribution >= 0.6 is 12.4 Å². The zero-order chi connectivity index (χ0) is 16.2. The molecule has 3 N–H and O–H groups in total. The van der Waals surface area contributed by atoms with Gasteiger partial charge in [-0.2, -0.15) is 0 Å². The smallest absolute Gasteiger partial charge is 0.237 e. The highest BCUT2D eigenvalue weighted by Gasteiger charge is 2.33. The lowest BCUT2D eigenvalue weighted by molar-refractivity contribution is -0.125. The number of hydrogen-bond donors (Lipinski definition) is 2. The molecule has 5 nitrogen and oxygen atoms in total. The van der Waals surface area contributed by atoms with Gasteiger partial charge in [0, 0.05) is 25.2 Å². The molecule has 1 fully saturated rings. The van der Waals surface area contributed by atoms with Gasteiger partial charge in [-0.1, -0.05) is 20.3 Å². The van der Waals surface area contributed by atoms with Crippen molar-refractivity contribution in [1.82, 2.24) is 10.2 Å². The van der Waals surface area contributed by atoms with Crippen molar-refractivity contribution in [2.45, 2.75) is 71.8 Å². The number of amides is 1. The topological polar surface area (TPSA) is 67.6 Å². The average molecular weight is 336 g/mol. The molecule has 0 aromatic rings. The van der Waals surface area contributed by atoms with Crippen LogP contribution in [0.15, 0.2) is 0 Å². The summed E-state index contributed by atoms with van der Waals surface area (Å²) in [5, 5.41) is 3.02. The van der Waals surface area contributed by atoms with E-state index in [1.54, 1.807) is 0 Å². The number of nitrogens with zero attached hydrogens (tertiary/aromatic N) is 1. The third-order valence-electron chi connectivity index (χ3n) is 4.53. The summed E-state index contributed by atoms with van der Waals surface area (Å²) in [5.41, 5.74) is 5.88. The van der Waals surface area contributed by atoms with Gasteiger partial charge in [-0.25, -0.2) is 0 Å². The minimum Gasteiger partial charge on any atom is -0.373 e. The van der Waals surface area contributed by atoms with Gasteiger partial charge < -0.3 is 15.8 Å². The molecule has 4 unspecified atom stereocenters. The van der Waals surface area contributed by atoms with E-state index in [2.05, 4.69) is 44.8 Å². The lowest BCUT2D eigenvalue weighted by Gasteiger charge is -2.45. The van der Waals surface area contributed by atoms with Gasteiger partial charge in [0.2, 0.25) is 5.91 Å². The second kappa shape index (κ2) is 9.06. The van der Waals surface area contributed by atoms with Gasteiger partial charge in [0.05, 0.1) is 18.2 Å². The Morgan fingerprint density at radius 2 is 1.86 bits per heavy atom. The van der Waals surface area contributed by atoms with E-state index in [-0.39, 0.29) is 42.0 Å². The van der Waals surface area contributed by atoms with Crippen LogP contribution in [0.1, 0.15) is 48.0 Å². The molecule has 22 heavy (non-hydrogen) atoms. The molecule has 1 aliphatic rings. The predicted octanol–water partition coefficient (Wildman–Crippen LogP) is 1.79. The van der Waals surface area contributed by atoms with Crippen molar-refractivity contribution >= 4 is 18.3 Å². The molecule has 0 aliphatic carbocycles. The number of carbonyl (C=O) groups excluding carboxylic acids is 1. The lowest BCUT2D eigenvalue weighted by Crippen LogP contribution is -2.59. The number of ether oxygens (including phenoxy) is 1. The Kier molecular flexibility index (Phi) is 8.91. The molecule has 0 saturated carbocycles. The van der Waals surface area contributed by atoms with Crippen LogP contribution in [0, 0.1) is 5.92 Å². The van der Waals surface area contributed by atoms with Gasteiger partial charge >= 0.3 is 0 Å². The van der Waals surface area contributed by atoms with E-state index in [4.69, 9.17) is 10.5 Å². The second-order valence-electron chi connectivity index (χ2n) is 7.10. The van der Waals surface area contributed by atoms with E-state index in [0.717, 1.165) is 19.5 Å². The number of nitrogens with one attached hydrogen (secondary N) is 1. The molecule has 0 aromatic carbocycles. The monoisotopic (exact) mass is 335 g/mol. The molecule has 6 heteroatoms. The maximum Gasteiger partial charge on any atom is 0.237 e. The first-order valence-corrected chi connectivity index (χ1v) is 8.11. The number of rotatable bonds is 6. The Bertz CT molecular complexity index is 342. The van der Waals surface area contributed by atoms with E-state index in [1.807, 2.05) is 6.92 Å². The molecule has 1 aliphatic heterocycles. The third-order valence-corrected chi connectivity index (χ3v) is 4.53. The summed E-state index contributed by atoms with van der Waals surface area (Å²) in [7, 11) is 0. The SMILES string of the molecule is CCC(C)C(N)C(=O)NCC(C)(C)N1CC(C)OC(C)C1.Cl. The minimum atomic E-state index is -0.423. The summed E-state index contributed by atoms with van der Waals surface area (Å²) in [6.07, 6.45) is 1.37. The van der Waals surface area contributed by atoms with E-state index >= 15 is 0 Å². The summed E-state index contributed by atoms with van der Waals surface area (Å²) < 4.78 is 5.77. The minimum absolute atomic E-state index is 0. The summed E-state index contributed by atoms with van der Waals surface area (Å²) >= 11 is 0. The summed E-state index contributed by atoms with van der Waals surface area (Å²) in [4.78, 5) is 14.5.